The number of rotatable bonds is 7. The number of carbonyl (C=O) groups is 2. The van der Waals surface area contributed by atoms with E-state index >= 15 is 0 Å². The first-order valence-corrected chi connectivity index (χ1v) is 11.6. The molecule has 0 saturated heterocycles. The molecule has 0 saturated carbocycles. The van der Waals surface area contributed by atoms with E-state index in [1.165, 1.54) is 25.1 Å². The van der Waals surface area contributed by atoms with Gasteiger partial charge in [0.25, 0.3) is 10.0 Å². The number of sulfonamides is 1. The van der Waals surface area contributed by atoms with Crippen molar-refractivity contribution in [3.8, 4) is 0 Å². The largest absolute Gasteiger partial charge is 0.326 e. The summed E-state index contributed by atoms with van der Waals surface area (Å²) in [4.78, 5) is 23.3. The number of benzene rings is 3. The van der Waals surface area contributed by atoms with Gasteiger partial charge in [0.2, 0.25) is 11.8 Å². The van der Waals surface area contributed by atoms with Gasteiger partial charge in [0.1, 0.15) is 0 Å². The van der Waals surface area contributed by atoms with E-state index in [-0.39, 0.29) is 33.2 Å². The highest BCUT2D eigenvalue weighted by Crippen LogP contribution is 2.24. The molecule has 0 aliphatic heterocycles. The van der Waals surface area contributed by atoms with Gasteiger partial charge in [-0.3, -0.25) is 14.3 Å². The lowest BCUT2D eigenvalue weighted by atomic mass is 10.1. The van der Waals surface area contributed by atoms with Crippen LogP contribution in [0.4, 0.5) is 17.1 Å². The molecule has 0 aromatic heterocycles. The molecule has 0 atom stereocenters. The lowest BCUT2D eigenvalue weighted by molar-refractivity contribution is -0.116. The lowest BCUT2D eigenvalue weighted by Crippen LogP contribution is -2.15. The van der Waals surface area contributed by atoms with Crippen molar-refractivity contribution in [3.63, 3.8) is 0 Å². The molecule has 2 amide bonds. The van der Waals surface area contributed by atoms with E-state index in [0.717, 1.165) is 0 Å². The van der Waals surface area contributed by atoms with Crippen LogP contribution in [-0.2, 0) is 26.0 Å². The molecular weight excluding hydrogens is 473 g/mol. The van der Waals surface area contributed by atoms with E-state index in [2.05, 4.69) is 15.4 Å². The molecular formula is C22H19Cl2N3O4S. The molecule has 0 heterocycles. The molecule has 10 heteroatoms. The Hall–Kier alpha value is -3.07. The zero-order valence-corrected chi connectivity index (χ0v) is 19.2. The lowest BCUT2D eigenvalue weighted by Gasteiger charge is -2.10. The van der Waals surface area contributed by atoms with Crippen LogP contribution in [0.2, 0.25) is 10.0 Å². The molecule has 0 radical (unpaired) electrons. The van der Waals surface area contributed by atoms with Gasteiger partial charge in [-0.1, -0.05) is 35.3 Å². The molecule has 3 N–H and O–H groups in total. The van der Waals surface area contributed by atoms with E-state index in [9.17, 15) is 18.0 Å². The van der Waals surface area contributed by atoms with Gasteiger partial charge in [0, 0.05) is 34.0 Å². The van der Waals surface area contributed by atoms with E-state index in [1.54, 1.807) is 48.5 Å². The Labute approximate surface area is 195 Å². The number of nitrogens with one attached hydrogen (secondary N) is 3. The second kappa shape index (κ2) is 10.0. The van der Waals surface area contributed by atoms with Crippen molar-refractivity contribution in [2.75, 3.05) is 15.4 Å². The number of anilines is 3. The number of hydrogen-bond acceptors (Lipinski definition) is 4. The monoisotopic (exact) mass is 491 g/mol. The van der Waals surface area contributed by atoms with Crippen molar-refractivity contribution >= 4 is 62.1 Å². The van der Waals surface area contributed by atoms with Crippen LogP contribution in [0.15, 0.2) is 71.6 Å². The third-order valence-corrected chi connectivity index (χ3v) is 6.00. The Bertz CT molecular complexity index is 1220. The molecule has 166 valence electrons. The standard InChI is InChI=1S/C22H19Cl2N3O4S/c1-14(28)25-18-6-8-19(9-7-18)26-22(29)10-15-2-4-20(5-3-15)27-32(30,31)21-12-16(23)11-17(24)13-21/h2-9,11-13,27H,10H2,1H3,(H,25,28)(H,26,29). The maximum Gasteiger partial charge on any atom is 0.261 e. The molecule has 0 unspecified atom stereocenters. The zero-order valence-electron chi connectivity index (χ0n) is 16.9. The number of amides is 2. The highest BCUT2D eigenvalue weighted by molar-refractivity contribution is 7.92. The van der Waals surface area contributed by atoms with Gasteiger partial charge in [0.15, 0.2) is 0 Å². The molecule has 0 aliphatic carbocycles. The van der Waals surface area contributed by atoms with Gasteiger partial charge >= 0.3 is 0 Å². The summed E-state index contributed by atoms with van der Waals surface area (Å²) in [5.74, 6) is -0.414. The Kier molecular flexibility index (Phi) is 7.40. The fraction of sp³-hybridized carbons (Fsp3) is 0.0909. The van der Waals surface area contributed by atoms with Crippen molar-refractivity contribution in [2.45, 2.75) is 18.2 Å². The van der Waals surface area contributed by atoms with Crippen molar-refractivity contribution in [2.24, 2.45) is 0 Å². The van der Waals surface area contributed by atoms with Crippen LogP contribution in [0.5, 0.6) is 0 Å². The van der Waals surface area contributed by atoms with E-state index in [0.29, 0.717) is 22.6 Å². The number of carbonyl (C=O) groups excluding carboxylic acids is 2. The van der Waals surface area contributed by atoms with Crippen LogP contribution in [-0.4, -0.2) is 20.2 Å². The summed E-state index contributed by atoms with van der Waals surface area (Å²) in [6, 6.07) is 17.2. The Morgan fingerprint density at radius 2 is 1.28 bits per heavy atom. The van der Waals surface area contributed by atoms with Gasteiger partial charge in [-0.25, -0.2) is 8.42 Å². The molecule has 0 bridgehead atoms. The summed E-state index contributed by atoms with van der Waals surface area (Å²) in [5, 5.41) is 5.84. The normalized spacial score (nSPS) is 11.0. The van der Waals surface area contributed by atoms with Crippen molar-refractivity contribution < 1.29 is 18.0 Å². The minimum absolute atomic E-state index is 0.0528. The summed E-state index contributed by atoms with van der Waals surface area (Å²) < 4.78 is 27.5. The summed E-state index contributed by atoms with van der Waals surface area (Å²) in [6.07, 6.45) is 0.102. The van der Waals surface area contributed by atoms with Crippen LogP contribution in [0, 0.1) is 0 Å². The molecule has 0 spiro atoms. The van der Waals surface area contributed by atoms with Gasteiger partial charge in [-0.2, -0.15) is 0 Å². The van der Waals surface area contributed by atoms with Gasteiger partial charge in [0.05, 0.1) is 11.3 Å². The summed E-state index contributed by atoms with van der Waals surface area (Å²) in [5.41, 5.74) is 2.26. The summed E-state index contributed by atoms with van der Waals surface area (Å²) in [6.45, 7) is 1.42. The molecule has 3 rings (SSSR count). The SMILES string of the molecule is CC(=O)Nc1ccc(NC(=O)Cc2ccc(NS(=O)(=O)c3cc(Cl)cc(Cl)c3)cc2)cc1. The maximum atomic E-state index is 12.5. The Morgan fingerprint density at radius 3 is 1.81 bits per heavy atom. The fourth-order valence-electron chi connectivity index (χ4n) is 2.82. The Morgan fingerprint density at radius 1 is 0.781 bits per heavy atom. The van der Waals surface area contributed by atoms with Gasteiger partial charge in [-0.15, -0.1) is 0 Å². The highest BCUT2D eigenvalue weighted by Gasteiger charge is 2.16. The number of hydrogen-bond donors (Lipinski definition) is 3. The molecule has 3 aromatic rings. The zero-order chi connectivity index (χ0) is 23.3. The predicted molar refractivity (Wildman–Crippen MR) is 127 cm³/mol. The van der Waals surface area contributed by atoms with E-state index < -0.39 is 10.0 Å². The van der Waals surface area contributed by atoms with Crippen molar-refractivity contribution in [1.82, 2.24) is 0 Å². The molecule has 32 heavy (non-hydrogen) atoms. The van der Waals surface area contributed by atoms with Crippen molar-refractivity contribution in [3.05, 3.63) is 82.3 Å². The second-order valence-corrected chi connectivity index (χ2v) is 9.45. The van der Waals surface area contributed by atoms with Crippen LogP contribution in [0.3, 0.4) is 0 Å². The quantitative estimate of drug-likeness (QED) is 0.435. The average molecular weight is 492 g/mol. The minimum atomic E-state index is -3.87. The maximum absolute atomic E-state index is 12.5. The molecule has 0 fully saturated rings. The smallest absolute Gasteiger partial charge is 0.261 e. The summed E-state index contributed by atoms with van der Waals surface area (Å²) in [7, 11) is -3.87. The number of halogens is 2. The van der Waals surface area contributed by atoms with Gasteiger partial charge < -0.3 is 10.6 Å². The molecule has 7 nitrogen and oxygen atoms in total. The highest BCUT2D eigenvalue weighted by atomic mass is 35.5. The van der Waals surface area contributed by atoms with Gasteiger partial charge in [-0.05, 0) is 60.2 Å². The second-order valence-electron chi connectivity index (χ2n) is 6.89. The van der Waals surface area contributed by atoms with Crippen LogP contribution in [0.25, 0.3) is 0 Å². The topological polar surface area (TPSA) is 104 Å². The Balaban J connectivity index is 1.60. The first kappa shape index (κ1) is 23.6. The fourth-order valence-corrected chi connectivity index (χ4v) is 4.60. The van der Waals surface area contributed by atoms with Crippen LogP contribution >= 0.6 is 23.2 Å². The van der Waals surface area contributed by atoms with E-state index in [4.69, 9.17) is 23.2 Å². The van der Waals surface area contributed by atoms with Crippen molar-refractivity contribution in [1.29, 1.82) is 0 Å². The summed E-state index contributed by atoms with van der Waals surface area (Å²) >= 11 is 11.8. The predicted octanol–water partition coefficient (Wildman–Crippen LogP) is 4.93. The first-order chi connectivity index (χ1) is 15.1. The first-order valence-electron chi connectivity index (χ1n) is 9.36. The molecule has 0 aliphatic rings. The van der Waals surface area contributed by atoms with E-state index in [1.807, 2.05) is 0 Å². The third kappa shape index (κ3) is 6.71. The third-order valence-electron chi connectivity index (χ3n) is 4.21. The van der Waals surface area contributed by atoms with Crippen LogP contribution < -0.4 is 15.4 Å². The average Bonchev–Trinajstić information content (AvgIpc) is 2.70. The minimum Gasteiger partial charge on any atom is -0.326 e. The molecule has 3 aromatic carbocycles. The van der Waals surface area contributed by atoms with Crippen LogP contribution in [0.1, 0.15) is 12.5 Å².